The van der Waals surface area contributed by atoms with Gasteiger partial charge in [-0.05, 0) is 30.3 Å². The van der Waals surface area contributed by atoms with E-state index in [9.17, 15) is 0 Å². The molecular weight excluding hydrogens is 617 g/mol. The van der Waals surface area contributed by atoms with Gasteiger partial charge in [-0.25, -0.2) is 19.9 Å². The quantitative estimate of drug-likeness (QED) is 0.186. The molecule has 4 aromatic heterocycles. The molecule has 0 radical (unpaired) electrons. The Bertz CT molecular complexity index is 2800. The van der Waals surface area contributed by atoms with Crippen molar-refractivity contribution in [2.45, 2.75) is 0 Å². The van der Waals surface area contributed by atoms with Crippen LogP contribution in [0.15, 0.2) is 167 Å². The third-order valence-electron chi connectivity index (χ3n) is 9.13. The lowest BCUT2D eigenvalue weighted by Gasteiger charge is -2.10. The molecule has 0 aliphatic carbocycles. The van der Waals surface area contributed by atoms with Gasteiger partial charge < -0.3 is 8.83 Å². The van der Waals surface area contributed by atoms with Gasteiger partial charge >= 0.3 is 0 Å². The van der Waals surface area contributed by atoms with Crippen LogP contribution in [0.25, 0.3) is 101 Å². The lowest BCUT2D eigenvalue weighted by atomic mass is 10.0. The van der Waals surface area contributed by atoms with Crippen LogP contribution in [0.4, 0.5) is 0 Å². The topological polar surface area (TPSA) is 77.8 Å². The summed E-state index contributed by atoms with van der Waals surface area (Å²) in [6.07, 6.45) is 0. The molecule has 10 rings (SSSR count). The maximum absolute atomic E-state index is 6.71. The van der Waals surface area contributed by atoms with E-state index in [0.29, 0.717) is 22.8 Å². The fourth-order valence-corrected chi connectivity index (χ4v) is 6.80. The van der Waals surface area contributed by atoms with Crippen molar-refractivity contribution in [2.24, 2.45) is 0 Å². The van der Waals surface area contributed by atoms with Crippen LogP contribution in [0.3, 0.4) is 0 Å². The summed E-state index contributed by atoms with van der Waals surface area (Å²) in [7, 11) is 0. The first-order chi connectivity index (χ1) is 24.8. The number of benzene rings is 6. The van der Waals surface area contributed by atoms with E-state index in [0.717, 1.165) is 77.7 Å². The van der Waals surface area contributed by atoms with Gasteiger partial charge in [0.2, 0.25) is 0 Å². The van der Waals surface area contributed by atoms with E-state index < -0.39 is 0 Å². The monoisotopic (exact) mass is 642 g/mol. The summed E-state index contributed by atoms with van der Waals surface area (Å²) < 4.78 is 13.1. The van der Waals surface area contributed by atoms with Crippen molar-refractivity contribution in [3.8, 4) is 56.5 Å². The number of hydrogen-bond acceptors (Lipinski definition) is 6. The zero-order chi connectivity index (χ0) is 33.0. The van der Waals surface area contributed by atoms with E-state index in [1.54, 1.807) is 0 Å². The highest BCUT2D eigenvalue weighted by molar-refractivity contribution is 6.15. The predicted octanol–water partition coefficient (Wildman–Crippen LogP) is 11.4. The molecule has 0 aliphatic heterocycles. The van der Waals surface area contributed by atoms with Crippen LogP contribution >= 0.6 is 0 Å². The van der Waals surface area contributed by atoms with E-state index in [-0.39, 0.29) is 0 Å². The third kappa shape index (κ3) is 4.58. The summed E-state index contributed by atoms with van der Waals surface area (Å²) in [5.41, 5.74) is 10.7. The number of para-hydroxylation sites is 2. The van der Waals surface area contributed by atoms with E-state index in [1.165, 1.54) is 0 Å². The lowest BCUT2D eigenvalue weighted by Crippen LogP contribution is -1.96. The fraction of sp³-hybridized carbons (Fsp3) is 0. The number of hydrogen-bond donors (Lipinski definition) is 0. The van der Waals surface area contributed by atoms with Gasteiger partial charge in [-0.1, -0.05) is 127 Å². The molecule has 0 aliphatic rings. The van der Waals surface area contributed by atoms with Crippen molar-refractivity contribution >= 4 is 44.0 Å². The second-order valence-electron chi connectivity index (χ2n) is 12.2. The first kappa shape index (κ1) is 28.1. The summed E-state index contributed by atoms with van der Waals surface area (Å²) in [6.45, 7) is 0. The fourth-order valence-electron chi connectivity index (χ4n) is 6.80. The van der Waals surface area contributed by atoms with Crippen molar-refractivity contribution in [2.75, 3.05) is 0 Å². The normalized spacial score (nSPS) is 11.6. The second-order valence-corrected chi connectivity index (χ2v) is 12.2. The van der Waals surface area contributed by atoms with E-state index >= 15 is 0 Å². The van der Waals surface area contributed by atoms with Gasteiger partial charge in [0.05, 0.1) is 17.0 Å². The molecule has 0 fully saturated rings. The third-order valence-corrected chi connectivity index (χ3v) is 9.13. The van der Waals surface area contributed by atoms with Gasteiger partial charge in [-0.2, -0.15) is 0 Å². The van der Waals surface area contributed by atoms with Crippen molar-refractivity contribution in [3.63, 3.8) is 0 Å². The molecule has 0 unspecified atom stereocenters. The number of fused-ring (bicyclic) bond motifs is 6. The van der Waals surface area contributed by atoms with E-state index in [2.05, 4.69) is 30.3 Å². The number of rotatable bonds is 5. The summed E-state index contributed by atoms with van der Waals surface area (Å²) in [4.78, 5) is 20.4. The molecule has 0 bridgehead atoms. The van der Waals surface area contributed by atoms with Gasteiger partial charge in [-0.3, -0.25) is 0 Å². The number of nitrogens with zero attached hydrogens (tertiary/aromatic N) is 4. The predicted molar refractivity (Wildman–Crippen MR) is 199 cm³/mol. The molecule has 4 heterocycles. The largest absolute Gasteiger partial charge is 0.455 e. The molecule has 234 valence electrons. The van der Waals surface area contributed by atoms with Crippen molar-refractivity contribution in [1.29, 1.82) is 0 Å². The minimum Gasteiger partial charge on any atom is -0.455 e. The van der Waals surface area contributed by atoms with Crippen LogP contribution in [0, 0.1) is 0 Å². The molecule has 0 N–H and O–H groups in total. The highest BCUT2D eigenvalue weighted by Crippen LogP contribution is 2.42. The summed E-state index contributed by atoms with van der Waals surface area (Å²) in [6, 6.07) is 52.7. The van der Waals surface area contributed by atoms with Crippen LogP contribution in [0.2, 0.25) is 0 Å². The molecule has 0 saturated heterocycles. The molecular formula is C44H26N4O2. The highest BCUT2D eigenvalue weighted by Gasteiger charge is 2.22. The lowest BCUT2D eigenvalue weighted by molar-refractivity contribution is 0.666. The Balaban J connectivity index is 1.21. The highest BCUT2D eigenvalue weighted by atomic mass is 16.3. The average molecular weight is 643 g/mol. The first-order valence-electron chi connectivity index (χ1n) is 16.5. The molecule has 50 heavy (non-hydrogen) atoms. The molecule has 0 spiro atoms. The Labute approximate surface area is 286 Å². The van der Waals surface area contributed by atoms with Crippen molar-refractivity contribution in [3.05, 3.63) is 158 Å². The molecule has 0 atom stereocenters. The maximum Gasteiger partial charge on any atom is 0.180 e. The van der Waals surface area contributed by atoms with Gasteiger partial charge in [0.25, 0.3) is 0 Å². The SMILES string of the molecule is c1ccc(-c2cc(-c3cccc4oc5c(-c6nc(-c7ccccc7)c7oc8ccccc8c7n6)cccc5c34)nc(-c3ccccc3)n2)cc1. The minimum absolute atomic E-state index is 0.564. The van der Waals surface area contributed by atoms with E-state index in [4.69, 9.17) is 28.8 Å². The molecule has 0 saturated carbocycles. The maximum atomic E-state index is 6.71. The smallest absolute Gasteiger partial charge is 0.180 e. The van der Waals surface area contributed by atoms with Gasteiger partial charge in [-0.15, -0.1) is 0 Å². The molecule has 6 nitrogen and oxygen atoms in total. The Morgan fingerprint density at radius 2 is 0.980 bits per heavy atom. The van der Waals surface area contributed by atoms with Crippen molar-refractivity contribution in [1.82, 2.24) is 19.9 Å². The Hall–Kier alpha value is -6.92. The van der Waals surface area contributed by atoms with Gasteiger partial charge in [0, 0.05) is 38.4 Å². The average Bonchev–Trinajstić information content (AvgIpc) is 3.77. The van der Waals surface area contributed by atoms with Crippen LogP contribution < -0.4 is 0 Å². The Kier molecular flexibility index (Phi) is 6.39. The minimum atomic E-state index is 0.564. The molecule has 6 aromatic carbocycles. The second kappa shape index (κ2) is 11.4. The van der Waals surface area contributed by atoms with Gasteiger partial charge in [0.1, 0.15) is 28.0 Å². The number of aromatic nitrogens is 4. The molecule has 10 aromatic rings. The van der Waals surface area contributed by atoms with Crippen LogP contribution in [0.5, 0.6) is 0 Å². The zero-order valence-corrected chi connectivity index (χ0v) is 26.6. The van der Waals surface area contributed by atoms with Crippen LogP contribution in [-0.2, 0) is 0 Å². The molecule has 6 heteroatoms. The summed E-state index contributed by atoms with van der Waals surface area (Å²) in [5, 5.41) is 2.87. The van der Waals surface area contributed by atoms with Gasteiger partial charge in [0.15, 0.2) is 17.2 Å². The zero-order valence-electron chi connectivity index (χ0n) is 26.6. The summed E-state index contributed by atoms with van der Waals surface area (Å²) in [5.74, 6) is 1.23. The van der Waals surface area contributed by atoms with Crippen LogP contribution in [-0.4, -0.2) is 19.9 Å². The molecule has 0 amide bonds. The first-order valence-corrected chi connectivity index (χ1v) is 16.5. The standard InChI is InChI=1S/C44H26N4O2/c1-4-14-27(15-5-1)34-26-35(46-43(45-34)29-18-8-3-9-19-29)30-21-13-25-37-38(30)32-22-12-23-33(41(32)50-37)44-47-39(28-16-6-2-7-17-28)42-40(48-44)31-20-10-11-24-36(31)49-42/h1-26H. The Morgan fingerprint density at radius 1 is 0.380 bits per heavy atom. The Morgan fingerprint density at radius 3 is 1.78 bits per heavy atom. The van der Waals surface area contributed by atoms with Crippen molar-refractivity contribution < 1.29 is 8.83 Å². The van der Waals surface area contributed by atoms with Crippen LogP contribution in [0.1, 0.15) is 0 Å². The summed E-state index contributed by atoms with van der Waals surface area (Å²) >= 11 is 0. The number of furan rings is 2. The van der Waals surface area contributed by atoms with E-state index in [1.807, 2.05) is 127 Å².